The fourth-order valence-electron chi connectivity index (χ4n) is 1.84. The molecule has 0 amide bonds. The molecule has 1 aromatic carbocycles. The molecule has 0 saturated heterocycles. The van der Waals surface area contributed by atoms with Gasteiger partial charge >= 0.3 is 0 Å². The standard InChI is InChI=1S/C11H15N3/c1-7-5-4-6-9-10(7)11(8(2)12)13-14(9)3/h4-6,8H,12H2,1-3H3. The van der Waals surface area contributed by atoms with E-state index in [1.807, 2.05) is 24.7 Å². The highest BCUT2D eigenvalue weighted by atomic mass is 15.3. The maximum Gasteiger partial charge on any atom is 0.0870 e. The summed E-state index contributed by atoms with van der Waals surface area (Å²) in [5.74, 6) is 0. The van der Waals surface area contributed by atoms with Crippen molar-refractivity contribution < 1.29 is 0 Å². The molecule has 2 N–H and O–H groups in total. The van der Waals surface area contributed by atoms with Crippen molar-refractivity contribution in [2.24, 2.45) is 12.8 Å². The summed E-state index contributed by atoms with van der Waals surface area (Å²) < 4.78 is 1.89. The molecule has 0 aliphatic rings. The van der Waals surface area contributed by atoms with Crippen molar-refractivity contribution in [1.82, 2.24) is 9.78 Å². The molecule has 0 saturated carbocycles. The quantitative estimate of drug-likeness (QED) is 0.744. The molecule has 0 bridgehead atoms. The molecule has 2 aromatic rings. The Bertz CT molecular complexity index is 469. The fraction of sp³-hybridized carbons (Fsp3) is 0.364. The zero-order chi connectivity index (χ0) is 10.3. The lowest BCUT2D eigenvalue weighted by molar-refractivity contribution is 0.712. The number of hydrogen-bond acceptors (Lipinski definition) is 2. The molecule has 3 heteroatoms. The maximum absolute atomic E-state index is 5.89. The number of fused-ring (bicyclic) bond motifs is 1. The number of nitrogens with two attached hydrogens (primary N) is 1. The molecular formula is C11H15N3. The van der Waals surface area contributed by atoms with Crippen molar-refractivity contribution in [2.45, 2.75) is 19.9 Å². The second-order valence-electron chi connectivity index (χ2n) is 3.77. The highest BCUT2D eigenvalue weighted by molar-refractivity contribution is 5.85. The minimum atomic E-state index is -0.0141. The molecule has 0 aliphatic heterocycles. The number of aryl methyl sites for hydroxylation is 2. The molecule has 1 unspecified atom stereocenters. The number of nitrogens with zero attached hydrogens (tertiary/aromatic N) is 2. The third-order valence-electron chi connectivity index (χ3n) is 2.54. The predicted molar refractivity (Wildman–Crippen MR) is 58.1 cm³/mol. The van der Waals surface area contributed by atoms with Crippen LogP contribution in [0.3, 0.4) is 0 Å². The monoisotopic (exact) mass is 189 g/mol. The Balaban J connectivity index is 2.86. The minimum Gasteiger partial charge on any atom is -0.323 e. The van der Waals surface area contributed by atoms with Gasteiger partial charge in [-0.1, -0.05) is 12.1 Å². The molecular weight excluding hydrogens is 174 g/mol. The van der Waals surface area contributed by atoms with E-state index >= 15 is 0 Å². The first-order valence-corrected chi connectivity index (χ1v) is 4.79. The van der Waals surface area contributed by atoms with Crippen LogP contribution in [0.4, 0.5) is 0 Å². The summed E-state index contributed by atoms with van der Waals surface area (Å²) >= 11 is 0. The largest absolute Gasteiger partial charge is 0.323 e. The van der Waals surface area contributed by atoms with Crippen molar-refractivity contribution in [3.8, 4) is 0 Å². The topological polar surface area (TPSA) is 43.8 Å². The second kappa shape index (κ2) is 3.10. The molecule has 2 rings (SSSR count). The van der Waals surface area contributed by atoms with Gasteiger partial charge in [0.2, 0.25) is 0 Å². The van der Waals surface area contributed by atoms with Gasteiger partial charge in [0.15, 0.2) is 0 Å². The van der Waals surface area contributed by atoms with E-state index in [1.165, 1.54) is 10.9 Å². The van der Waals surface area contributed by atoms with Gasteiger partial charge in [0, 0.05) is 18.5 Å². The smallest absolute Gasteiger partial charge is 0.0870 e. The third-order valence-corrected chi connectivity index (χ3v) is 2.54. The van der Waals surface area contributed by atoms with E-state index < -0.39 is 0 Å². The zero-order valence-electron chi connectivity index (χ0n) is 8.78. The van der Waals surface area contributed by atoms with Crippen LogP contribution in [-0.4, -0.2) is 9.78 Å². The molecule has 1 aromatic heterocycles. The Morgan fingerprint density at radius 2 is 2.14 bits per heavy atom. The first-order valence-electron chi connectivity index (χ1n) is 4.79. The van der Waals surface area contributed by atoms with Gasteiger partial charge in [-0.25, -0.2) is 0 Å². The van der Waals surface area contributed by atoms with Gasteiger partial charge in [-0.2, -0.15) is 5.10 Å². The first-order chi connectivity index (χ1) is 6.61. The Morgan fingerprint density at radius 3 is 2.79 bits per heavy atom. The van der Waals surface area contributed by atoms with Crippen LogP contribution in [-0.2, 0) is 7.05 Å². The van der Waals surface area contributed by atoms with Crippen molar-refractivity contribution in [3.63, 3.8) is 0 Å². The lowest BCUT2D eigenvalue weighted by atomic mass is 10.1. The molecule has 0 spiro atoms. The van der Waals surface area contributed by atoms with Gasteiger partial charge in [0.25, 0.3) is 0 Å². The number of aromatic nitrogens is 2. The Morgan fingerprint density at radius 1 is 1.43 bits per heavy atom. The van der Waals surface area contributed by atoms with Gasteiger partial charge in [0.1, 0.15) is 0 Å². The summed E-state index contributed by atoms with van der Waals surface area (Å²) in [6.45, 7) is 4.06. The highest BCUT2D eigenvalue weighted by Gasteiger charge is 2.12. The summed E-state index contributed by atoms with van der Waals surface area (Å²) in [7, 11) is 1.95. The minimum absolute atomic E-state index is 0.0141. The van der Waals surface area contributed by atoms with Crippen molar-refractivity contribution >= 4 is 10.9 Å². The average molecular weight is 189 g/mol. The predicted octanol–water partition coefficient (Wildman–Crippen LogP) is 1.90. The molecule has 0 radical (unpaired) electrons. The Hall–Kier alpha value is -1.35. The molecule has 14 heavy (non-hydrogen) atoms. The molecule has 3 nitrogen and oxygen atoms in total. The maximum atomic E-state index is 5.89. The summed E-state index contributed by atoms with van der Waals surface area (Å²) in [6, 6.07) is 6.20. The van der Waals surface area contributed by atoms with E-state index in [0.717, 1.165) is 11.2 Å². The number of hydrogen-bond donors (Lipinski definition) is 1. The van der Waals surface area contributed by atoms with Gasteiger partial charge < -0.3 is 5.73 Å². The summed E-state index contributed by atoms with van der Waals surface area (Å²) in [6.07, 6.45) is 0. The molecule has 74 valence electrons. The zero-order valence-corrected chi connectivity index (χ0v) is 8.78. The van der Waals surface area contributed by atoms with Crippen LogP contribution in [0.5, 0.6) is 0 Å². The van der Waals surface area contributed by atoms with Crippen molar-refractivity contribution in [1.29, 1.82) is 0 Å². The van der Waals surface area contributed by atoms with E-state index in [4.69, 9.17) is 5.73 Å². The van der Waals surface area contributed by atoms with Crippen LogP contribution in [0.2, 0.25) is 0 Å². The van der Waals surface area contributed by atoms with Crippen molar-refractivity contribution in [3.05, 3.63) is 29.5 Å². The molecule has 1 atom stereocenters. The normalized spacial score (nSPS) is 13.4. The lowest BCUT2D eigenvalue weighted by Gasteiger charge is -2.02. The van der Waals surface area contributed by atoms with Gasteiger partial charge in [-0.3, -0.25) is 4.68 Å². The molecule has 1 heterocycles. The molecule has 0 fully saturated rings. The second-order valence-corrected chi connectivity index (χ2v) is 3.77. The lowest BCUT2D eigenvalue weighted by Crippen LogP contribution is -2.06. The van der Waals surface area contributed by atoms with Crippen molar-refractivity contribution in [2.75, 3.05) is 0 Å². The first kappa shape index (κ1) is 9.21. The van der Waals surface area contributed by atoms with Crippen LogP contribution in [0.25, 0.3) is 10.9 Å². The van der Waals surface area contributed by atoms with Crippen LogP contribution >= 0.6 is 0 Å². The SMILES string of the molecule is Cc1cccc2c1c(C(C)N)nn2C. The Kier molecular flexibility index (Phi) is 2.04. The van der Waals surface area contributed by atoms with Crippen LogP contribution in [0.1, 0.15) is 24.2 Å². The highest BCUT2D eigenvalue weighted by Crippen LogP contribution is 2.24. The Labute approximate surface area is 83.5 Å². The summed E-state index contributed by atoms with van der Waals surface area (Å²) in [5, 5.41) is 5.64. The van der Waals surface area contributed by atoms with E-state index in [2.05, 4.69) is 24.2 Å². The van der Waals surface area contributed by atoms with Gasteiger partial charge in [-0.15, -0.1) is 0 Å². The van der Waals surface area contributed by atoms with Crippen LogP contribution in [0.15, 0.2) is 18.2 Å². The van der Waals surface area contributed by atoms with Gasteiger partial charge in [-0.05, 0) is 25.5 Å². The van der Waals surface area contributed by atoms with E-state index in [1.54, 1.807) is 0 Å². The van der Waals surface area contributed by atoms with E-state index in [0.29, 0.717) is 0 Å². The van der Waals surface area contributed by atoms with Crippen LogP contribution in [0, 0.1) is 6.92 Å². The average Bonchev–Trinajstić information content (AvgIpc) is 2.46. The summed E-state index contributed by atoms with van der Waals surface area (Å²) in [4.78, 5) is 0. The summed E-state index contributed by atoms with van der Waals surface area (Å²) in [5.41, 5.74) is 9.26. The van der Waals surface area contributed by atoms with Gasteiger partial charge in [0.05, 0.1) is 11.2 Å². The van der Waals surface area contributed by atoms with E-state index in [-0.39, 0.29) is 6.04 Å². The number of rotatable bonds is 1. The third kappa shape index (κ3) is 1.21. The molecule has 0 aliphatic carbocycles. The van der Waals surface area contributed by atoms with E-state index in [9.17, 15) is 0 Å². The number of benzene rings is 1. The van der Waals surface area contributed by atoms with Crippen LogP contribution < -0.4 is 5.73 Å². The fourth-order valence-corrected chi connectivity index (χ4v) is 1.84.